The van der Waals surface area contributed by atoms with Crippen molar-refractivity contribution in [3.63, 3.8) is 0 Å². The number of nitrogens with one attached hydrogen (secondary N) is 1. The lowest BCUT2D eigenvalue weighted by atomic mass is 10.1. The first kappa shape index (κ1) is 10.7. The van der Waals surface area contributed by atoms with Gasteiger partial charge in [-0.05, 0) is 6.42 Å². The fourth-order valence-electron chi connectivity index (χ4n) is 1.42. The molecule has 0 saturated carbocycles. The Hall–Kier alpha value is -0.830. The predicted octanol–water partition coefficient (Wildman–Crippen LogP) is 2.12. The van der Waals surface area contributed by atoms with E-state index in [1.165, 1.54) is 11.3 Å². The number of hydrogen-bond acceptors (Lipinski definition) is 5. The summed E-state index contributed by atoms with van der Waals surface area (Å²) in [5.74, 6) is 0.540. The topological polar surface area (TPSA) is 57.9 Å². The summed E-state index contributed by atoms with van der Waals surface area (Å²) in [6.07, 6.45) is 1.08. The van der Waals surface area contributed by atoms with Crippen molar-refractivity contribution in [3.8, 4) is 6.07 Å². The smallest absolute Gasteiger partial charge is 0.185 e. The molecule has 1 N–H and O–H groups in total. The number of ether oxygens (including phenoxy) is 1. The lowest BCUT2D eigenvalue weighted by Gasteiger charge is -2.06. The van der Waals surface area contributed by atoms with Crippen molar-refractivity contribution < 1.29 is 4.74 Å². The summed E-state index contributed by atoms with van der Waals surface area (Å²) in [6.45, 7) is 2.47. The molecule has 15 heavy (non-hydrogen) atoms. The first-order valence-corrected chi connectivity index (χ1v) is 5.87. The molecule has 1 aliphatic rings. The summed E-state index contributed by atoms with van der Waals surface area (Å²) in [4.78, 5) is 4.51. The van der Waals surface area contributed by atoms with E-state index in [1.807, 2.05) is 6.07 Å². The highest BCUT2D eigenvalue weighted by Crippen LogP contribution is 2.26. The highest BCUT2D eigenvalue weighted by Gasteiger charge is 2.16. The number of nitrogens with zero attached hydrogens (tertiary/aromatic N) is 2. The minimum absolute atomic E-state index is 0.285. The van der Waals surface area contributed by atoms with Crippen molar-refractivity contribution >= 4 is 28.1 Å². The molecule has 4 nitrogen and oxygen atoms in total. The molecule has 2 rings (SSSR count). The van der Waals surface area contributed by atoms with Gasteiger partial charge >= 0.3 is 0 Å². The van der Waals surface area contributed by atoms with Gasteiger partial charge in [0.15, 0.2) is 10.3 Å². The van der Waals surface area contributed by atoms with Crippen LogP contribution >= 0.6 is 22.9 Å². The highest BCUT2D eigenvalue weighted by atomic mass is 35.5. The Bertz CT molecular complexity index is 381. The maximum Gasteiger partial charge on any atom is 0.185 e. The molecule has 1 unspecified atom stereocenters. The molecular formula is C9H10ClN3OS. The van der Waals surface area contributed by atoms with Crippen LogP contribution in [-0.4, -0.2) is 24.7 Å². The van der Waals surface area contributed by atoms with Gasteiger partial charge in [0.2, 0.25) is 0 Å². The number of aromatic nitrogens is 1. The van der Waals surface area contributed by atoms with Crippen LogP contribution < -0.4 is 5.32 Å². The normalized spacial score (nSPS) is 20.1. The van der Waals surface area contributed by atoms with Crippen LogP contribution in [0.15, 0.2) is 0 Å². The number of hydrogen-bond donors (Lipinski definition) is 1. The van der Waals surface area contributed by atoms with E-state index in [0.29, 0.717) is 15.9 Å². The summed E-state index contributed by atoms with van der Waals surface area (Å²) in [7, 11) is 0. The van der Waals surface area contributed by atoms with Crippen LogP contribution in [0, 0.1) is 17.2 Å². The first-order chi connectivity index (χ1) is 7.29. The van der Waals surface area contributed by atoms with Crippen LogP contribution in [0.2, 0.25) is 5.15 Å². The quantitative estimate of drug-likeness (QED) is 0.884. The maximum atomic E-state index is 8.70. The van der Waals surface area contributed by atoms with E-state index in [1.54, 1.807) is 0 Å². The Labute approximate surface area is 96.8 Å². The molecule has 0 amide bonds. The summed E-state index contributed by atoms with van der Waals surface area (Å²) in [6, 6.07) is 2.00. The molecule has 80 valence electrons. The van der Waals surface area contributed by atoms with E-state index >= 15 is 0 Å². The van der Waals surface area contributed by atoms with Crippen molar-refractivity contribution in [1.82, 2.24) is 4.98 Å². The molecule has 1 fully saturated rings. The second-order valence-electron chi connectivity index (χ2n) is 3.36. The van der Waals surface area contributed by atoms with Crippen molar-refractivity contribution in [3.05, 3.63) is 10.0 Å². The third kappa shape index (κ3) is 2.59. The minimum Gasteiger partial charge on any atom is -0.381 e. The zero-order valence-corrected chi connectivity index (χ0v) is 9.57. The fourth-order valence-corrected chi connectivity index (χ4v) is 2.38. The van der Waals surface area contributed by atoms with Crippen LogP contribution in [0.25, 0.3) is 0 Å². The van der Waals surface area contributed by atoms with Crippen molar-refractivity contribution in [2.45, 2.75) is 6.42 Å². The molecular weight excluding hydrogens is 234 g/mol. The molecule has 0 aromatic carbocycles. The Morgan fingerprint density at radius 2 is 2.60 bits per heavy atom. The lowest BCUT2D eigenvalue weighted by Crippen LogP contribution is -2.13. The van der Waals surface area contributed by atoms with Gasteiger partial charge in [-0.15, -0.1) is 0 Å². The van der Waals surface area contributed by atoms with Crippen molar-refractivity contribution in [1.29, 1.82) is 5.26 Å². The zero-order valence-electron chi connectivity index (χ0n) is 7.99. The fraction of sp³-hybridized carbons (Fsp3) is 0.556. The molecule has 0 aliphatic carbocycles. The van der Waals surface area contributed by atoms with E-state index in [4.69, 9.17) is 21.6 Å². The Morgan fingerprint density at radius 1 is 1.73 bits per heavy atom. The minimum atomic E-state index is 0.285. The van der Waals surface area contributed by atoms with Crippen molar-refractivity contribution in [2.75, 3.05) is 25.1 Å². The third-order valence-electron chi connectivity index (χ3n) is 2.25. The van der Waals surface area contributed by atoms with Gasteiger partial charge in [0, 0.05) is 19.1 Å². The Morgan fingerprint density at radius 3 is 3.20 bits per heavy atom. The molecule has 0 spiro atoms. The third-order valence-corrected chi connectivity index (χ3v) is 3.56. The highest BCUT2D eigenvalue weighted by molar-refractivity contribution is 7.16. The van der Waals surface area contributed by atoms with Gasteiger partial charge in [0.05, 0.1) is 6.61 Å². The van der Waals surface area contributed by atoms with Gasteiger partial charge in [0.1, 0.15) is 10.9 Å². The van der Waals surface area contributed by atoms with Crippen molar-refractivity contribution in [2.24, 2.45) is 5.92 Å². The summed E-state index contributed by atoms with van der Waals surface area (Å²) < 4.78 is 5.26. The van der Waals surface area contributed by atoms with Crippen LogP contribution in [0.5, 0.6) is 0 Å². The van der Waals surface area contributed by atoms with Crippen LogP contribution in [0.3, 0.4) is 0 Å². The number of anilines is 1. The number of nitriles is 1. The van der Waals surface area contributed by atoms with Crippen LogP contribution in [-0.2, 0) is 4.74 Å². The van der Waals surface area contributed by atoms with Gasteiger partial charge in [-0.2, -0.15) is 5.26 Å². The monoisotopic (exact) mass is 243 g/mol. The van der Waals surface area contributed by atoms with E-state index < -0.39 is 0 Å². The molecule has 0 bridgehead atoms. The Kier molecular flexibility index (Phi) is 3.41. The SMILES string of the molecule is N#Cc1sc(NCC2CCOC2)nc1Cl. The Balaban J connectivity index is 1.90. The largest absolute Gasteiger partial charge is 0.381 e. The molecule has 1 aromatic heterocycles. The molecule has 6 heteroatoms. The molecule has 2 heterocycles. The molecule has 1 saturated heterocycles. The van der Waals surface area contributed by atoms with E-state index in [2.05, 4.69) is 10.3 Å². The molecule has 1 aromatic rings. The maximum absolute atomic E-state index is 8.70. The second kappa shape index (κ2) is 4.79. The van der Waals surface area contributed by atoms with Gasteiger partial charge in [-0.25, -0.2) is 4.98 Å². The zero-order chi connectivity index (χ0) is 10.7. The number of rotatable bonds is 3. The number of thiazole rings is 1. The van der Waals surface area contributed by atoms with Gasteiger partial charge < -0.3 is 10.1 Å². The molecule has 1 atom stereocenters. The van der Waals surface area contributed by atoms with E-state index in [0.717, 1.165) is 26.2 Å². The molecule has 1 aliphatic heterocycles. The average molecular weight is 244 g/mol. The van der Waals surface area contributed by atoms with Gasteiger partial charge in [0.25, 0.3) is 0 Å². The summed E-state index contributed by atoms with van der Waals surface area (Å²) >= 11 is 7.04. The van der Waals surface area contributed by atoms with Gasteiger partial charge in [-0.1, -0.05) is 22.9 Å². The van der Waals surface area contributed by atoms with E-state index in [-0.39, 0.29) is 5.15 Å². The van der Waals surface area contributed by atoms with Crippen LogP contribution in [0.4, 0.5) is 5.13 Å². The average Bonchev–Trinajstić information content (AvgIpc) is 2.83. The lowest BCUT2D eigenvalue weighted by molar-refractivity contribution is 0.187. The van der Waals surface area contributed by atoms with Gasteiger partial charge in [-0.3, -0.25) is 0 Å². The summed E-state index contributed by atoms with van der Waals surface area (Å²) in [5.41, 5.74) is 0. The standard InChI is InChI=1S/C9H10ClN3OS/c10-8-7(3-11)15-9(13-8)12-4-6-1-2-14-5-6/h6H,1-2,4-5H2,(H,12,13). The number of halogens is 1. The first-order valence-electron chi connectivity index (χ1n) is 4.67. The predicted molar refractivity (Wildman–Crippen MR) is 59.3 cm³/mol. The van der Waals surface area contributed by atoms with Crippen LogP contribution in [0.1, 0.15) is 11.3 Å². The molecule has 0 radical (unpaired) electrons. The van der Waals surface area contributed by atoms with E-state index in [9.17, 15) is 0 Å². The second-order valence-corrected chi connectivity index (χ2v) is 4.72. The summed E-state index contributed by atoms with van der Waals surface area (Å²) in [5, 5.41) is 12.9.